The topological polar surface area (TPSA) is 97.3 Å². The Labute approximate surface area is 173 Å². The van der Waals surface area contributed by atoms with E-state index in [9.17, 15) is 15.0 Å². The van der Waals surface area contributed by atoms with Crippen LogP contribution < -0.4 is 10.8 Å². The van der Waals surface area contributed by atoms with Crippen LogP contribution in [0.4, 0.5) is 4.79 Å². The number of carbonyl (C=O) groups is 1. The van der Waals surface area contributed by atoms with E-state index >= 15 is 0 Å². The van der Waals surface area contributed by atoms with Crippen LogP contribution >= 0.6 is 0 Å². The van der Waals surface area contributed by atoms with Crippen LogP contribution in [0.1, 0.15) is 66.6 Å². The van der Waals surface area contributed by atoms with Gasteiger partial charge in [-0.2, -0.15) is 0 Å². The molecule has 2 unspecified atom stereocenters. The molecule has 1 saturated heterocycles. The van der Waals surface area contributed by atoms with Gasteiger partial charge in [0.05, 0.1) is 17.3 Å². The number of hydrogen-bond acceptors (Lipinski definition) is 6. The fourth-order valence-corrected chi connectivity index (χ4v) is 2.85. The molecule has 8 heteroatoms. The lowest BCUT2D eigenvalue weighted by molar-refractivity contribution is 0.00578. The van der Waals surface area contributed by atoms with Crippen molar-refractivity contribution in [3.8, 4) is 0 Å². The van der Waals surface area contributed by atoms with E-state index in [1.807, 2.05) is 39.8 Å². The second-order valence-corrected chi connectivity index (χ2v) is 9.48. The zero-order chi connectivity index (χ0) is 22.0. The zero-order valence-corrected chi connectivity index (χ0v) is 18.5. The van der Waals surface area contributed by atoms with Gasteiger partial charge in [0.1, 0.15) is 11.7 Å². The number of rotatable bonds is 6. The Hall–Kier alpha value is -1.61. The van der Waals surface area contributed by atoms with Gasteiger partial charge in [-0.1, -0.05) is 24.3 Å². The van der Waals surface area contributed by atoms with Crippen molar-refractivity contribution in [3.63, 3.8) is 0 Å². The van der Waals surface area contributed by atoms with Crippen molar-refractivity contribution in [2.75, 3.05) is 6.54 Å². The number of carbonyl (C=O) groups excluding carboxylic acids is 1. The molecule has 1 amide bonds. The summed E-state index contributed by atoms with van der Waals surface area (Å²) in [6.07, 6.45) is -2.44. The molecule has 7 nitrogen and oxygen atoms in total. The lowest BCUT2D eigenvalue weighted by atomic mass is 9.78. The van der Waals surface area contributed by atoms with Crippen LogP contribution in [-0.4, -0.2) is 52.9 Å². The van der Waals surface area contributed by atoms with Gasteiger partial charge in [0.2, 0.25) is 0 Å². The fraction of sp³-hybridized carbons (Fsp3) is 0.667. The molecule has 0 bridgehead atoms. The lowest BCUT2D eigenvalue weighted by Crippen LogP contribution is -2.41. The highest BCUT2D eigenvalue weighted by atomic mass is 16.7. The van der Waals surface area contributed by atoms with Gasteiger partial charge in [0, 0.05) is 6.54 Å². The molecule has 0 aromatic heterocycles. The summed E-state index contributed by atoms with van der Waals surface area (Å²) in [5, 5.41) is 23.2. The highest BCUT2D eigenvalue weighted by Gasteiger charge is 2.51. The molecule has 1 aliphatic heterocycles. The van der Waals surface area contributed by atoms with E-state index in [1.165, 1.54) is 0 Å². The maximum absolute atomic E-state index is 11.6. The van der Waals surface area contributed by atoms with Crippen molar-refractivity contribution in [1.29, 1.82) is 0 Å². The third-order valence-electron chi connectivity index (χ3n) is 5.28. The Bertz CT molecular complexity index is 682. The molecule has 162 valence electrons. The maximum atomic E-state index is 11.6. The SMILES string of the molecule is CC(C)(C)OC(=O)NCCC(O)C(O)c1ccc(B2OC(C)(C)C(C)(C)O2)cc1. The van der Waals surface area contributed by atoms with Crippen molar-refractivity contribution in [1.82, 2.24) is 5.32 Å². The number of benzene rings is 1. The molecule has 1 fully saturated rings. The molecular weight excluding hydrogens is 373 g/mol. The second kappa shape index (κ2) is 8.64. The van der Waals surface area contributed by atoms with Gasteiger partial charge in [-0.25, -0.2) is 4.79 Å². The number of ether oxygens (including phenoxy) is 1. The zero-order valence-electron chi connectivity index (χ0n) is 18.5. The largest absolute Gasteiger partial charge is 0.494 e. The first kappa shape index (κ1) is 23.7. The van der Waals surface area contributed by atoms with Gasteiger partial charge in [0.15, 0.2) is 0 Å². The molecule has 0 aliphatic carbocycles. The van der Waals surface area contributed by atoms with Gasteiger partial charge >= 0.3 is 13.2 Å². The van der Waals surface area contributed by atoms with E-state index in [0.717, 1.165) is 5.46 Å². The van der Waals surface area contributed by atoms with E-state index < -0.39 is 42.2 Å². The normalized spacial score (nSPS) is 20.2. The highest BCUT2D eigenvalue weighted by molar-refractivity contribution is 6.62. The Morgan fingerprint density at radius 2 is 1.62 bits per heavy atom. The Morgan fingerprint density at radius 1 is 1.10 bits per heavy atom. The molecule has 2 rings (SSSR count). The highest BCUT2D eigenvalue weighted by Crippen LogP contribution is 2.36. The number of hydrogen-bond donors (Lipinski definition) is 3. The van der Waals surface area contributed by atoms with Crippen LogP contribution in [0.25, 0.3) is 0 Å². The van der Waals surface area contributed by atoms with Crippen molar-refractivity contribution < 1.29 is 29.1 Å². The van der Waals surface area contributed by atoms with E-state index in [1.54, 1.807) is 32.9 Å². The summed E-state index contributed by atoms with van der Waals surface area (Å²) in [6, 6.07) is 7.14. The molecule has 0 spiro atoms. The first-order valence-electron chi connectivity index (χ1n) is 10.0. The van der Waals surface area contributed by atoms with Crippen LogP contribution in [-0.2, 0) is 14.0 Å². The quantitative estimate of drug-likeness (QED) is 0.627. The standard InChI is InChI=1S/C21H34BNO6/c1-19(2,3)27-18(26)23-13-12-16(24)17(25)14-8-10-15(11-9-14)22-28-20(4,5)21(6,7)29-22/h8-11,16-17,24-25H,12-13H2,1-7H3,(H,23,26). The molecule has 29 heavy (non-hydrogen) atoms. The molecule has 0 radical (unpaired) electrons. The molecule has 1 heterocycles. The van der Waals surface area contributed by atoms with Gasteiger partial charge in [-0.05, 0) is 65.9 Å². The Balaban J connectivity index is 1.88. The fourth-order valence-electron chi connectivity index (χ4n) is 2.85. The second-order valence-electron chi connectivity index (χ2n) is 9.48. The molecular formula is C21H34BNO6. The first-order valence-corrected chi connectivity index (χ1v) is 10.0. The molecule has 0 saturated carbocycles. The summed E-state index contributed by atoms with van der Waals surface area (Å²) < 4.78 is 17.2. The minimum absolute atomic E-state index is 0.194. The predicted molar refractivity (Wildman–Crippen MR) is 112 cm³/mol. The summed E-state index contributed by atoms with van der Waals surface area (Å²) in [5.74, 6) is 0. The van der Waals surface area contributed by atoms with Crippen molar-refractivity contribution in [2.45, 2.75) is 83.9 Å². The number of aliphatic hydroxyl groups excluding tert-OH is 2. The summed E-state index contributed by atoms with van der Waals surface area (Å²) in [4.78, 5) is 11.6. The molecule has 1 aliphatic rings. The van der Waals surface area contributed by atoms with Crippen LogP contribution in [0.15, 0.2) is 24.3 Å². The maximum Gasteiger partial charge on any atom is 0.494 e. The van der Waals surface area contributed by atoms with E-state index in [0.29, 0.717) is 5.56 Å². The summed E-state index contributed by atoms with van der Waals surface area (Å²) in [7, 11) is -0.478. The third kappa shape index (κ3) is 6.19. The monoisotopic (exact) mass is 407 g/mol. The average molecular weight is 407 g/mol. The lowest BCUT2D eigenvalue weighted by Gasteiger charge is -2.32. The smallest absolute Gasteiger partial charge is 0.444 e. The summed E-state index contributed by atoms with van der Waals surface area (Å²) in [5.41, 5.74) is -0.00248. The first-order chi connectivity index (χ1) is 13.2. The summed E-state index contributed by atoms with van der Waals surface area (Å²) >= 11 is 0. The molecule has 1 aromatic carbocycles. The van der Waals surface area contributed by atoms with Crippen LogP contribution in [0.2, 0.25) is 0 Å². The number of alkyl carbamates (subject to hydrolysis) is 1. The van der Waals surface area contributed by atoms with E-state index in [-0.39, 0.29) is 13.0 Å². The number of aliphatic hydroxyl groups is 2. The van der Waals surface area contributed by atoms with Crippen LogP contribution in [0.3, 0.4) is 0 Å². The molecule has 1 aromatic rings. The van der Waals surface area contributed by atoms with E-state index in [4.69, 9.17) is 14.0 Å². The molecule has 3 N–H and O–H groups in total. The summed E-state index contributed by atoms with van der Waals surface area (Å²) in [6.45, 7) is 13.5. The van der Waals surface area contributed by atoms with Crippen molar-refractivity contribution >= 4 is 18.7 Å². The predicted octanol–water partition coefficient (Wildman–Crippen LogP) is 2.29. The van der Waals surface area contributed by atoms with Gasteiger partial charge in [-0.15, -0.1) is 0 Å². The number of nitrogens with one attached hydrogen (secondary N) is 1. The minimum Gasteiger partial charge on any atom is -0.444 e. The van der Waals surface area contributed by atoms with Crippen molar-refractivity contribution in [3.05, 3.63) is 29.8 Å². The third-order valence-corrected chi connectivity index (χ3v) is 5.28. The van der Waals surface area contributed by atoms with Crippen LogP contribution in [0, 0.1) is 0 Å². The van der Waals surface area contributed by atoms with Gasteiger partial charge in [-0.3, -0.25) is 0 Å². The Kier molecular flexibility index (Phi) is 7.05. The molecule has 2 atom stereocenters. The minimum atomic E-state index is -1.07. The van der Waals surface area contributed by atoms with Crippen LogP contribution in [0.5, 0.6) is 0 Å². The number of amides is 1. The van der Waals surface area contributed by atoms with E-state index in [2.05, 4.69) is 5.32 Å². The van der Waals surface area contributed by atoms with Gasteiger partial charge in [0.25, 0.3) is 0 Å². The average Bonchev–Trinajstić information content (AvgIpc) is 2.80. The Morgan fingerprint density at radius 3 is 2.10 bits per heavy atom. The van der Waals surface area contributed by atoms with Gasteiger partial charge < -0.3 is 29.6 Å². The van der Waals surface area contributed by atoms with Crippen molar-refractivity contribution in [2.24, 2.45) is 0 Å².